The van der Waals surface area contributed by atoms with Crippen molar-refractivity contribution in [1.29, 1.82) is 0 Å². The third-order valence-corrected chi connectivity index (χ3v) is 6.50. The van der Waals surface area contributed by atoms with Crippen LogP contribution in [0.15, 0.2) is 36.5 Å². The lowest BCUT2D eigenvalue weighted by atomic mass is 9.86. The van der Waals surface area contributed by atoms with Gasteiger partial charge < -0.3 is 20.1 Å². The summed E-state index contributed by atoms with van der Waals surface area (Å²) in [6, 6.07) is 7.93. The summed E-state index contributed by atoms with van der Waals surface area (Å²) in [5.74, 6) is -0.429. The highest BCUT2D eigenvalue weighted by Gasteiger charge is 2.23. The fourth-order valence-electron chi connectivity index (χ4n) is 3.56. The average molecular weight is 607 g/mol. The second kappa shape index (κ2) is 12.0. The molecule has 3 aromatic rings. The van der Waals surface area contributed by atoms with Gasteiger partial charge in [-0.25, -0.2) is 17.9 Å². The predicted octanol–water partition coefficient (Wildman–Crippen LogP) is 4.99. The van der Waals surface area contributed by atoms with Crippen LogP contribution in [0, 0.1) is 5.41 Å². The first kappa shape index (κ1) is 31.7. The van der Waals surface area contributed by atoms with Crippen LogP contribution in [0.1, 0.15) is 57.5 Å². The van der Waals surface area contributed by atoms with Crippen molar-refractivity contribution in [3.05, 3.63) is 52.7 Å². The second-order valence-electron chi connectivity index (χ2n) is 11.7. The maximum absolute atomic E-state index is 13.4. The lowest BCUT2D eigenvalue weighted by Crippen LogP contribution is -2.34. The molecule has 0 aliphatic carbocycles. The Hall–Kier alpha value is -3.84. The zero-order valence-corrected chi connectivity index (χ0v) is 25.8. The van der Waals surface area contributed by atoms with E-state index in [1.165, 1.54) is 36.2 Å². The summed E-state index contributed by atoms with van der Waals surface area (Å²) < 4.78 is 38.4. The molecule has 0 saturated heterocycles. The summed E-state index contributed by atoms with van der Waals surface area (Å²) in [6.07, 6.45) is 1.71. The van der Waals surface area contributed by atoms with Gasteiger partial charge in [-0.15, -0.1) is 0 Å². The van der Waals surface area contributed by atoms with Crippen molar-refractivity contribution in [3.8, 4) is 17.3 Å². The average Bonchev–Trinajstić information content (AvgIpc) is 3.29. The number of hydrogen-bond acceptors (Lipinski definition) is 8. The number of sulfonamides is 1. The summed E-state index contributed by atoms with van der Waals surface area (Å²) in [7, 11) is -2.26. The van der Waals surface area contributed by atoms with Gasteiger partial charge >= 0.3 is 6.09 Å². The number of nitrogens with zero attached hydrogens (tertiary/aromatic N) is 3. The smallest absolute Gasteiger partial charge is 0.414 e. The van der Waals surface area contributed by atoms with Crippen molar-refractivity contribution in [1.82, 2.24) is 20.3 Å². The number of aromatic nitrogens is 3. The van der Waals surface area contributed by atoms with Crippen LogP contribution in [0.2, 0.25) is 5.02 Å². The first-order valence-corrected chi connectivity index (χ1v) is 14.8. The minimum absolute atomic E-state index is 0.0584. The van der Waals surface area contributed by atoms with Crippen molar-refractivity contribution < 1.29 is 27.5 Å². The van der Waals surface area contributed by atoms with Crippen molar-refractivity contribution in [2.45, 2.75) is 47.0 Å². The Bertz CT molecular complexity index is 1560. The largest absolute Gasteiger partial charge is 0.492 e. The molecule has 1 heterocycles. The molecule has 0 unspecified atom stereocenters. The summed E-state index contributed by atoms with van der Waals surface area (Å²) >= 11 is 6.39. The SMILES string of the molecule is COc1c(NC(=O)c2ccc(Cl)c(-n3cc(OC(=O)NCC(C)(C)C)nn3)c2)cc(C(C)(C)C)cc1NS(C)(=O)=O. The minimum atomic E-state index is -3.63. The van der Waals surface area contributed by atoms with Crippen LogP contribution >= 0.6 is 11.6 Å². The number of rotatable bonds is 8. The topological polar surface area (TPSA) is 154 Å². The van der Waals surface area contributed by atoms with Crippen LogP contribution in [0.4, 0.5) is 16.2 Å². The number of benzene rings is 2. The molecule has 41 heavy (non-hydrogen) atoms. The lowest BCUT2D eigenvalue weighted by Gasteiger charge is -2.24. The number of anilines is 2. The van der Waals surface area contributed by atoms with Crippen LogP contribution < -0.4 is 24.8 Å². The van der Waals surface area contributed by atoms with E-state index < -0.39 is 22.0 Å². The van der Waals surface area contributed by atoms with E-state index in [1.807, 2.05) is 41.5 Å². The van der Waals surface area contributed by atoms with E-state index in [9.17, 15) is 18.0 Å². The first-order chi connectivity index (χ1) is 18.9. The Morgan fingerprint density at radius 1 is 1.05 bits per heavy atom. The van der Waals surface area contributed by atoms with Gasteiger partial charge in [0.25, 0.3) is 11.8 Å². The Balaban J connectivity index is 1.90. The number of nitrogens with one attached hydrogen (secondary N) is 3. The highest BCUT2D eigenvalue weighted by Crippen LogP contribution is 2.39. The number of amides is 2. The van der Waals surface area contributed by atoms with Gasteiger partial charge in [-0.3, -0.25) is 9.52 Å². The molecule has 1 aromatic heterocycles. The van der Waals surface area contributed by atoms with Gasteiger partial charge in [0.1, 0.15) is 0 Å². The van der Waals surface area contributed by atoms with Gasteiger partial charge in [-0.2, -0.15) is 0 Å². The molecule has 3 rings (SSSR count). The molecule has 0 bridgehead atoms. The van der Waals surface area contributed by atoms with Crippen molar-refractivity contribution in [2.75, 3.05) is 29.9 Å². The highest BCUT2D eigenvalue weighted by atomic mass is 35.5. The zero-order chi connectivity index (χ0) is 30.8. The third kappa shape index (κ3) is 8.82. The van der Waals surface area contributed by atoms with Crippen LogP contribution in [-0.4, -0.2) is 55.3 Å². The normalized spacial score (nSPS) is 12.0. The molecule has 0 atom stereocenters. The molecule has 14 heteroatoms. The molecule has 0 spiro atoms. The Kier molecular flexibility index (Phi) is 9.24. The molecule has 0 fully saturated rings. The maximum atomic E-state index is 13.4. The van der Waals surface area contributed by atoms with Crippen LogP contribution in [-0.2, 0) is 15.4 Å². The van der Waals surface area contributed by atoms with Crippen molar-refractivity contribution in [2.24, 2.45) is 5.41 Å². The Morgan fingerprint density at radius 3 is 2.29 bits per heavy atom. The number of carbonyl (C=O) groups is 2. The summed E-state index contributed by atoms with van der Waals surface area (Å²) in [4.78, 5) is 25.5. The molecule has 0 saturated carbocycles. The fraction of sp³-hybridized carbons (Fsp3) is 0.407. The minimum Gasteiger partial charge on any atom is -0.492 e. The van der Waals surface area contributed by atoms with Gasteiger partial charge in [-0.1, -0.05) is 63.5 Å². The molecule has 12 nitrogen and oxygen atoms in total. The van der Waals surface area contributed by atoms with Gasteiger partial charge in [0, 0.05) is 12.1 Å². The second-order valence-corrected chi connectivity index (χ2v) is 13.8. The summed E-state index contributed by atoms with van der Waals surface area (Å²) in [5, 5.41) is 13.5. The van der Waals surface area contributed by atoms with Gasteiger partial charge in [0.2, 0.25) is 10.0 Å². The zero-order valence-electron chi connectivity index (χ0n) is 24.2. The van der Waals surface area contributed by atoms with Gasteiger partial charge in [0.05, 0.1) is 41.6 Å². The molecular formula is C27H35ClN6O6S. The van der Waals surface area contributed by atoms with Crippen LogP contribution in [0.5, 0.6) is 11.6 Å². The third-order valence-electron chi connectivity index (χ3n) is 5.59. The van der Waals surface area contributed by atoms with E-state index in [-0.39, 0.29) is 44.4 Å². The van der Waals surface area contributed by atoms with E-state index in [4.69, 9.17) is 21.1 Å². The van der Waals surface area contributed by atoms with E-state index in [1.54, 1.807) is 12.1 Å². The standard InChI is InChI=1S/C27H35ClN6O6S/c1-26(2,3)15-29-25(36)40-22-14-34(33-31-22)21-11-16(9-10-18(21)28)24(35)30-19-12-17(27(4,5)6)13-20(23(19)39-7)32-41(8,37)38/h9-14,32H,15H2,1-8H3,(H,29,36)(H,30,35). The molecule has 0 radical (unpaired) electrons. The molecular weight excluding hydrogens is 572 g/mol. The van der Waals surface area contributed by atoms with Crippen molar-refractivity contribution >= 4 is 45.0 Å². The molecule has 0 aliphatic rings. The molecule has 2 amide bonds. The van der Waals surface area contributed by atoms with Crippen LogP contribution in [0.3, 0.4) is 0 Å². The van der Waals surface area contributed by atoms with Gasteiger partial charge in [-0.05, 0) is 46.7 Å². The summed E-state index contributed by atoms with van der Waals surface area (Å²) in [5.41, 5.74) is 1.25. The molecule has 3 N–H and O–H groups in total. The molecule has 0 aliphatic heterocycles. The first-order valence-electron chi connectivity index (χ1n) is 12.6. The molecule has 2 aromatic carbocycles. The number of halogens is 1. The van der Waals surface area contributed by atoms with E-state index in [0.29, 0.717) is 12.2 Å². The van der Waals surface area contributed by atoms with E-state index in [0.717, 1.165) is 11.8 Å². The maximum Gasteiger partial charge on any atom is 0.414 e. The lowest BCUT2D eigenvalue weighted by molar-refractivity contribution is 0.102. The molecule has 222 valence electrons. The van der Waals surface area contributed by atoms with Crippen LogP contribution in [0.25, 0.3) is 5.69 Å². The monoisotopic (exact) mass is 606 g/mol. The quantitative estimate of drug-likeness (QED) is 0.324. The predicted molar refractivity (Wildman–Crippen MR) is 158 cm³/mol. The highest BCUT2D eigenvalue weighted by molar-refractivity contribution is 7.92. The number of ether oxygens (including phenoxy) is 2. The van der Waals surface area contributed by atoms with E-state index in [2.05, 4.69) is 25.7 Å². The van der Waals surface area contributed by atoms with Crippen molar-refractivity contribution in [3.63, 3.8) is 0 Å². The Morgan fingerprint density at radius 2 is 1.71 bits per heavy atom. The number of carbonyl (C=O) groups excluding carboxylic acids is 2. The number of methoxy groups -OCH3 is 1. The van der Waals surface area contributed by atoms with E-state index >= 15 is 0 Å². The summed E-state index contributed by atoms with van der Waals surface area (Å²) in [6.45, 7) is 12.2. The Labute approximate surface area is 244 Å². The number of hydrogen-bond donors (Lipinski definition) is 3. The fourth-order valence-corrected chi connectivity index (χ4v) is 4.31. The van der Waals surface area contributed by atoms with Gasteiger partial charge in [0.15, 0.2) is 5.75 Å².